The average molecular weight is 433 g/mol. The molecule has 2 aromatic carbocycles. The van der Waals surface area contributed by atoms with Gasteiger partial charge in [0.25, 0.3) is 15.9 Å². The second-order valence-electron chi connectivity index (χ2n) is 7.20. The average Bonchev–Trinajstić information content (AvgIpc) is 2.72. The lowest BCUT2D eigenvalue weighted by molar-refractivity contribution is -0.145. The van der Waals surface area contributed by atoms with Crippen molar-refractivity contribution in [3.8, 4) is 0 Å². The van der Waals surface area contributed by atoms with E-state index in [1.165, 1.54) is 7.11 Å². The zero-order valence-electron chi connectivity index (χ0n) is 17.9. The van der Waals surface area contributed by atoms with Gasteiger partial charge in [0.2, 0.25) is 0 Å². The lowest BCUT2D eigenvalue weighted by Crippen LogP contribution is -2.37. The normalized spacial score (nSPS) is 12.2. The Balaban J connectivity index is 2.14. The Morgan fingerprint density at radius 3 is 2.23 bits per heavy atom. The van der Waals surface area contributed by atoms with E-state index >= 15 is 0 Å². The number of amides is 1. The molecule has 0 saturated carbocycles. The van der Waals surface area contributed by atoms with E-state index in [-0.39, 0.29) is 23.3 Å². The molecule has 8 heteroatoms. The molecule has 2 aromatic rings. The molecule has 0 aromatic heterocycles. The third-order valence-electron chi connectivity index (χ3n) is 4.94. The fraction of sp³-hybridized carbons (Fsp3) is 0.364. The molecule has 0 aliphatic rings. The summed E-state index contributed by atoms with van der Waals surface area (Å²) in [5, 5.41) is 0. The standard InChI is InChI=1S/C22H28N2O5S/c1-6-24(14-17(4)22(26)29-5)21(25)18-8-10-19(11-9-18)23-30(27,28)20-12-7-15(2)16(3)13-20/h7-13,17,23H,6,14H2,1-5H3. The van der Waals surface area contributed by atoms with Gasteiger partial charge < -0.3 is 9.64 Å². The monoisotopic (exact) mass is 432 g/mol. The highest BCUT2D eigenvalue weighted by atomic mass is 32.2. The Morgan fingerprint density at radius 1 is 1.07 bits per heavy atom. The summed E-state index contributed by atoms with van der Waals surface area (Å²) in [5.74, 6) is -1.06. The molecule has 0 radical (unpaired) electrons. The lowest BCUT2D eigenvalue weighted by Gasteiger charge is -2.23. The fourth-order valence-electron chi connectivity index (χ4n) is 2.92. The molecule has 2 rings (SSSR count). The number of aryl methyl sites for hydroxylation is 2. The van der Waals surface area contributed by atoms with Gasteiger partial charge in [-0.3, -0.25) is 14.3 Å². The maximum Gasteiger partial charge on any atom is 0.310 e. The summed E-state index contributed by atoms with van der Waals surface area (Å²) in [6.45, 7) is 7.97. The topological polar surface area (TPSA) is 92.8 Å². The number of nitrogens with one attached hydrogen (secondary N) is 1. The first-order valence-corrected chi connectivity index (χ1v) is 11.1. The molecule has 1 atom stereocenters. The van der Waals surface area contributed by atoms with Gasteiger partial charge in [-0.15, -0.1) is 0 Å². The predicted octanol–water partition coefficient (Wildman–Crippen LogP) is 3.38. The molecule has 1 unspecified atom stereocenters. The van der Waals surface area contributed by atoms with Gasteiger partial charge >= 0.3 is 5.97 Å². The molecule has 1 amide bonds. The van der Waals surface area contributed by atoms with E-state index in [0.29, 0.717) is 17.8 Å². The SMILES string of the molecule is CCN(CC(C)C(=O)OC)C(=O)c1ccc(NS(=O)(=O)c2ccc(C)c(C)c2)cc1. The van der Waals surface area contributed by atoms with E-state index in [9.17, 15) is 18.0 Å². The van der Waals surface area contributed by atoms with Crippen LogP contribution in [0.2, 0.25) is 0 Å². The highest BCUT2D eigenvalue weighted by Gasteiger charge is 2.22. The van der Waals surface area contributed by atoms with Crippen LogP contribution in [0.3, 0.4) is 0 Å². The van der Waals surface area contributed by atoms with Crippen LogP contribution >= 0.6 is 0 Å². The van der Waals surface area contributed by atoms with Gasteiger partial charge in [-0.05, 0) is 68.3 Å². The maximum absolute atomic E-state index is 12.7. The predicted molar refractivity (Wildman–Crippen MR) is 116 cm³/mol. The van der Waals surface area contributed by atoms with Gasteiger partial charge in [-0.1, -0.05) is 13.0 Å². The van der Waals surface area contributed by atoms with Crippen LogP contribution in [0.5, 0.6) is 0 Å². The van der Waals surface area contributed by atoms with Gasteiger partial charge in [0.1, 0.15) is 0 Å². The zero-order chi connectivity index (χ0) is 22.5. The number of sulfonamides is 1. The number of carbonyl (C=O) groups is 2. The summed E-state index contributed by atoms with van der Waals surface area (Å²) in [7, 11) is -2.42. The molecular weight excluding hydrogens is 404 g/mol. The largest absolute Gasteiger partial charge is 0.469 e. The summed E-state index contributed by atoms with van der Waals surface area (Å²) in [6.07, 6.45) is 0. The minimum absolute atomic E-state index is 0.180. The number of anilines is 1. The molecule has 1 N–H and O–H groups in total. The number of ether oxygens (including phenoxy) is 1. The number of carbonyl (C=O) groups excluding carboxylic acids is 2. The van der Waals surface area contributed by atoms with Crippen molar-refractivity contribution in [2.45, 2.75) is 32.6 Å². The first kappa shape index (κ1) is 23.4. The van der Waals surface area contributed by atoms with Crippen molar-refractivity contribution in [2.75, 3.05) is 24.9 Å². The van der Waals surface area contributed by atoms with Crippen LogP contribution in [0.15, 0.2) is 47.4 Å². The van der Waals surface area contributed by atoms with Crippen molar-refractivity contribution in [1.29, 1.82) is 0 Å². The molecule has 0 aliphatic heterocycles. The molecule has 0 fully saturated rings. The van der Waals surface area contributed by atoms with E-state index in [1.807, 2.05) is 20.8 Å². The molecule has 0 aliphatic carbocycles. The van der Waals surface area contributed by atoms with Crippen LogP contribution in [-0.2, 0) is 19.6 Å². The first-order valence-electron chi connectivity index (χ1n) is 9.66. The zero-order valence-corrected chi connectivity index (χ0v) is 18.7. The molecule has 0 saturated heterocycles. The van der Waals surface area contributed by atoms with Crippen LogP contribution in [-0.4, -0.2) is 45.4 Å². The smallest absolute Gasteiger partial charge is 0.310 e. The number of esters is 1. The second kappa shape index (κ2) is 9.75. The van der Waals surface area contributed by atoms with E-state index in [4.69, 9.17) is 4.74 Å². The van der Waals surface area contributed by atoms with E-state index in [0.717, 1.165) is 11.1 Å². The minimum Gasteiger partial charge on any atom is -0.469 e. The highest BCUT2D eigenvalue weighted by molar-refractivity contribution is 7.92. The number of hydrogen-bond acceptors (Lipinski definition) is 5. The Hall–Kier alpha value is -2.87. The molecule has 0 spiro atoms. The van der Waals surface area contributed by atoms with Crippen LogP contribution in [0, 0.1) is 19.8 Å². The summed E-state index contributed by atoms with van der Waals surface area (Å²) in [6, 6.07) is 11.2. The maximum atomic E-state index is 12.7. The number of benzene rings is 2. The van der Waals surface area contributed by atoms with Crippen molar-refractivity contribution in [1.82, 2.24) is 4.90 Å². The molecule has 7 nitrogen and oxygen atoms in total. The summed E-state index contributed by atoms with van der Waals surface area (Å²) < 4.78 is 32.5. The van der Waals surface area contributed by atoms with Gasteiger partial charge in [0, 0.05) is 24.3 Å². The highest BCUT2D eigenvalue weighted by Crippen LogP contribution is 2.20. The molecular formula is C22H28N2O5S. The summed E-state index contributed by atoms with van der Waals surface area (Å²) >= 11 is 0. The van der Waals surface area contributed by atoms with Crippen LogP contribution in [0.25, 0.3) is 0 Å². The number of hydrogen-bond donors (Lipinski definition) is 1. The molecule has 30 heavy (non-hydrogen) atoms. The Bertz CT molecular complexity index is 1020. The summed E-state index contributed by atoms with van der Waals surface area (Å²) in [5.41, 5.74) is 2.66. The molecule has 0 bridgehead atoms. The Morgan fingerprint density at radius 2 is 1.70 bits per heavy atom. The molecule has 0 heterocycles. The number of rotatable bonds is 8. The Labute approximate surface area is 178 Å². The van der Waals surface area contributed by atoms with Gasteiger partial charge in [-0.2, -0.15) is 0 Å². The van der Waals surface area contributed by atoms with Crippen molar-refractivity contribution >= 4 is 27.6 Å². The quantitative estimate of drug-likeness (QED) is 0.646. The van der Waals surface area contributed by atoms with Crippen molar-refractivity contribution in [2.24, 2.45) is 5.92 Å². The Kier molecular flexibility index (Phi) is 7.61. The second-order valence-corrected chi connectivity index (χ2v) is 8.88. The first-order chi connectivity index (χ1) is 14.1. The molecule has 162 valence electrons. The van der Waals surface area contributed by atoms with Gasteiger partial charge in [-0.25, -0.2) is 8.42 Å². The van der Waals surface area contributed by atoms with Crippen molar-refractivity contribution < 1.29 is 22.7 Å². The van der Waals surface area contributed by atoms with Crippen molar-refractivity contribution in [3.63, 3.8) is 0 Å². The van der Waals surface area contributed by atoms with E-state index in [1.54, 1.807) is 54.3 Å². The third-order valence-corrected chi connectivity index (χ3v) is 6.32. The van der Waals surface area contributed by atoms with Crippen LogP contribution in [0.1, 0.15) is 35.3 Å². The summed E-state index contributed by atoms with van der Waals surface area (Å²) in [4.78, 5) is 26.1. The van der Waals surface area contributed by atoms with E-state index < -0.39 is 15.9 Å². The third kappa shape index (κ3) is 5.60. The van der Waals surface area contributed by atoms with Gasteiger partial charge in [0.05, 0.1) is 17.9 Å². The minimum atomic E-state index is -3.73. The number of methoxy groups -OCH3 is 1. The fourth-order valence-corrected chi connectivity index (χ4v) is 4.06. The van der Waals surface area contributed by atoms with Crippen LogP contribution < -0.4 is 4.72 Å². The van der Waals surface area contributed by atoms with Crippen molar-refractivity contribution in [3.05, 3.63) is 59.2 Å². The number of nitrogens with zero attached hydrogens (tertiary/aromatic N) is 1. The van der Waals surface area contributed by atoms with Gasteiger partial charge in [0.15, 0.2) is 0 Å². The lowest BCUT2D eigenvalue weighted by atomic mass is 10.1. The van der Waals surface area contributed by atoms with E-state index in [2.05, 4.69) is 4.72 Å². The van der Waals surface area contributed by atoms with Crippen LogP contribution in [0.4, 0.5) is 5.69 Å².